The molecule has 2 aliphatic heterocycles. The van der Waals surface area contributed by atoms with Gasteiger partial charge in [-0.1, -0.05) is 72.2 Å². The molecule has 2 aliphatic rings. The van der Waals surface area contributed by atoms with Crippen molar-refractivity contribution in [2.24, 2.45) is 27.2 Å². The van der Waals surface area contributed by atoms with Gasteiger partial charge in [-0.2, -0.15) is 0 Å². The molecule has 0 radical (unpaired) electrons. The van der Waals surface area contributed by atoms with Crippen molar-refractivity contribution in [3.8, 4) is 23.7 Å². The summed E-state index contributed by atoms with van der Waals surface area (Å²) in [5.74, 6) is 13.4. The van der Waals surface area contributed by atoms with Gasteiger partial charge in [-0.25, -0.2) is 14.8 Å². The van der Waals surface area contributed by atoms with Gasteiger partial charge in [-0.05, 0) is 146 Å². The zero-order valence-corrected chi connectivity index (χ0v) is 45.9. The van der Waals surface area contributed by atoms with Crippen LogP contribution in [-0.2, 0) is 14.2 Å². The maximum absolute atomic E-state index is 11.8. The average Bonchev–Trinajstić information content (AvgIpc) is 4.02. The molecule has 396 valence electrons. The minimum Gasteiger partial charge on any atom is -0.444 e. The number of hydrogen-bond acceptors (Lipinski definition) is 12. The monoisotopic (exact) mass is 1050 g/mol. The smallest absolute Gasteiger partial charge is 0.414 e. The Kier molecular flexibility index (Phi) is 21.4. The maximum atomic E-state index is 11.8. The first kappa shape index (κ1) is 56.4. The number of carbonyl (C=O) groups is 1. The van der Waals surface area contributed by atoms with Crippen molar-refractivity contribution >= 4 is 61.1 Å². The molecule has 2 saturated heterocycles. The second-order valence-electron chi connectivity index (χ2n) is 20.0. The number of thiazole rings is 2. The Balaban J connectivity index is 0.000000222. The fraction of sp³-hybridized carbons (Fsp3) is 0.441. The molecule has 2 unspecified atom stereocenters. The van der Waals surface area contributed by atoms with Gasteiger partial charge in [0.25, 0.3) is 0 Å². The first-order valence-electron chi connectivity index (χ1n) is 26.2. The lowest BCUT2D eigenvalue weighted by molar-refractivity contribution is -0.0235. The molecule has 4 aromatic carbocycles. The second-order valence-corrected chi connectivity index (χ2v) is 22.2. The van der Waals surface area contributed by atoms with Gasteiger partial charge in [-0.15, -0.1) is 22.7 Å². The number of piperidine rings is 2. The number of carbonyl (C=O) groups excluding carboxylic acids is 1. The third-order valence-corrected chi connectivity index (χ3v) is 14.7. The quantitative estimate of drug-likeness (QED) is 0.0312. The Hall–Kier alpha value is -6.37. The molecular weight excluding hydrogens is 977 g/mol. The fourth-order valence-corrected chi connectivity index (χ4v) is 10.6. The summed E-state index contributed by atoms with van der Waals surface area (Å²) in [5, 5.41) is 4.43. The van der Waals surface area contributed by atoms with E-state index in [1.165, 1.54) is 9.40 Å². The number of nitrogens with zero attached hydrogens (tertiary/aromatic N) is 6. The molecule has 16 heteroatoms. The lowest BCUT2D eigenvalue weighted by Gasteiger charge is -2.31. The number of fused-ring (bicyclic) bond motifs is 2. The highest BCUT2D eigenvalue weighted by molar-refractivity contribution is 7.19. The van der Waals surface area contributed by atoms with Crippen molar-refractivity contribution in [3.05, 3.63) is 129 Å². The molecule has 2 atom stereocenters. The summed E-state index contributed by atoms with van der Waals surface area (Å²) in [6.45, 7) is 10.8. The van der Waals surface area contributed by atoms with Gasteiger partial charge in [0.2, 0.25) is 0 Å². The highest BCUT2D eigenvalue weighted by Crippen LogP contribution is 2.37. The normalized spacial score (nSPS) is 15.7. The van der Waals surface area contributed by atoms with Gasteiger partial charge < -0.3 is 41.2 Å². The number of nitrogens with two attached hydrogens (primary N) is 3. The summed E-state index contributed by atoms with van der Waals surface area (Å²) in [4.78, 5) is 34.5. The number of para-hydroxylation sites is 2. The molecule has 0 spiro atoms. The summed E-state index contributed by atoms with van der Waals surface area (Å²) in [6, 6.07) is 33.3. The van der Waals surface area contributed by atoms with Crippen molar-refractivity contribution in [2.75, 3.05) is 53.4 Å². The molecule has 14 nitrogen and oxygen atoms in total. The molecule has 6 aromatic rings. The van der Waals surface area contributed by atoms with Crippen LogP contribution in [0.5, 0.6) is 0 Å². The highest BCUT2D eigenvalue weighted by atomic mass is 32.1. The Morgan fingerprint density at radius 3 is 1.56 bits per heavy atom. The van der Waals surface area contributed by atoms with E-state index in [1.807, 2.05) is 24.3 Å². The van der Waals surface area contributed by atoms with Gasteiger partial charge in [0.15, 0.2) is 11.9 Å². The number of hydrogen-bond donors (Lipinski definition) is 4. The summed E-state index contributed by atoms with van der Waals surface area (Å²) in [6.07, 6.45) is 8.68. The van der Waals surface area contributed by atoms with Crippen LogP contribution in [0, 0.1) is 23.7 Å². The van der Waals surface area contributed by atoms with E-state index >= 15 is 0 Å². The third kappa shape index (κ3) is 18.8. The van der Waals surface area contributed by atoms with E-state index < -0.39 is 11.7 Å². The summed E-state index contributed by atoms with van der Waals surface area (Å²) >= 11 is 3.41. The van der Waals surface area contributed by atoms with E-state index in [0.717, 1.165) is 134 Å². The molecule has 0 saturated carbocycles. The van der Waals surface area contributed by atoms with Crippen LogP contribution in [0.1, 0.15) is 129 Å². The topological polar surface area (TPSA) is 192 Å². The number of unbranched alkanes of at least 4 members (excludes halogenated alkanes) is 4. The van der Waals surface area contributed by atoms with Crippen molar-refractivity contribution in [1.29, 1.82) is 0 Å². The van der Waals surface area contributed by atoms with Gasteiger partial charge in [0.05, 0.1) is 32.6 Å². The summed E-state index contributed by atoms with van der Waals surface area (Å²) in [7, 11) is 4.33. The molecule has 75 heavy (non-hydrogen) atoms. The number of ether oxygens (including phenoxy) is 3. The van der Waals surface area contributed by atoms with Crippen LogP contribution in [-0.4, -0.2) is 109 Å². The Bertz CT molecular complexity index is 2890. The predicted octanol–water partition coefficient (Wildman–Crippen LogP) is 10.1. The minimum atomic E-state index is -0.603. The number of rotatable bonds is 16. The van der Waals surface area contributed by atoms with Crippen molar-refractivity contribution in [1.82, 2.24) is 25.1 Å². The number of amides is 1. The minimum absolute atomic E-state index is 0.0623. The Labute approximate surface area is 451 Å². The van der Waals surface area contributed by atoms with Gasteiger partial charge >= 0.3 is 6.09 Å². The van der Waals surface area contributed by atoms with Gasteiger partial charge in [0.1, 0.15) is 27.8 Å². The van der Waals surface area contributed by atoms with E-state index in [0.29, 0.717) is 13.1 Å². The van der Waals surface area contributed by atoms with Gasteiger partial charge in [0, 0.05) is 63.2 Å². The van der Waals surface area contributed by atoms with Crippen LogP contribution >= 0.6 is 22.7 Å². The maximum Gasteiger partial charge on any atom is 0.414 e. The van der Waals surface area contributed by atoms with Crippen LogP contribution < -0.4 is 22.5 Å². The van der Waals surface area contributed by atoms with E-state index in [1.54, 1.807) is 43.4 Å². The van der Waals surface area contributed by atoms with Crippen molar-refractivity contribution < 1.29 is 19.0 Å². The van der Waals surface area contributed by atoms with E-state index in [4.69, 9.17) is 41.4 Å². The molecule has 2 fully saturated rings. The number of alkyl carbamates (subject to hydrolysis) is 1. The highest BCUT2D eigenvalue weighted by Gasteiger charge is 2.28. The first-order valence-corrected chi connectivity index (χ1v) is 27.8. The van der Waals surface area contributed by atoms with Crippen LogP contribution in [0.4, 0.5) is 4.79 Å². The zero-order valence-electron chi connectivity index (χ0n) is 44.2. The SMILES string of the molecule is CN1CCC(OC(c2cccc(C#CCCCCN=C(N)N)c2)c2nc3ccccc3s2)CC1.CN1CCC(OC(c2cccc(C#CCCCCN=C(N)NC(=O)OC(C)(C)C)c2)c2nc3ccccc3s2)CC1. The lowest BCUT2D eigenvalue weighted by Crippen LogP contribution is -2.40. The predicted molar refractivity (Wildman–Crippen MR) is 307 cm³/mol. The van der Waals surface area contributed by atoms with Crippen LogP contribution in [0.2, 0.25) is 0 Å². The molecule has 1 amide bonds. The van der Waals surface area contributed by atoms with Gasteiger partial charge in [-0.3, -0.25) is 15.3 Å². The van der Waals surface area contributed by atoms with Crippen LogP contribution in [0.25, 0.3) is 20.4 Å². The lowest BCUT2D eigenvalue weighted by atomic mass is 10.0. The summed E-state index contributed by atoms with van der Waals surface area (Å²) in [5.41, 5.74) is 22.1. The third-order valence-electron chi connectivity index (χ3n) is 12.5. The number of aromatic nitrogens is 2. The van der Waals surface area contributed by atoms with Crippen molar-refractivity contribution in [3.63, 3.8) is 0 Å². The number of benzene rings is 4. The van der Waals surface area contributed by atoms with E-state index in [-0.39, 0.29) is 36.3 Å². The molecule has 7 N–H and O–H groups in total. The second kappa shape index (κ2) is 28.5. The molecule has 4 heterocycles. The number of guanidine groups is 2. The molecule has 2 aromatic heterocycles. The fourth-order valence-electron chi connectivity index (χ4n) is 8.58. The summed E-state index contributed by atoms with van der Waals surface area (Å²) < 4.78 is 21.0. The van der Waals surface area contributed by atoms with E-state index in [2.05, 4.69) is 136 Å². The molecule has 8 rings (SSSR count). The van der Waals surface area contributed by atoms with E-state index in [9.17, 15) is 4.79 Å². The molecule has 0 aliphatic carbocycles. The average molecular weight is 1050 g/mol. The van der Waals surface area contributed by atoms with Crippen LogP contribution in [0.15, 0.2) is 107 Å². The molecule has 0 bridgehead atoms. The first-order chi connectivity index (χ1) is 36.2. The molecular formula is C59H74N10O4S2. The zero-order chi connectivity index (χ0) is 53.0. The largest absolute Gasteiger partial charge is 0.444 e. The Morgan fingerprint density at radius 2 is 1.12 bits per heavy atom. The number of likely N-dealkylation sites (tertiary alicyclic amines) is 2. The number of aliphatic imine (C=N–C) groups is 2. The standard InChI is InChI=1S/C32H41N5O3S.C27H33N5OS/c1-32(2,3)40-31(38)36-30(33)34-19-10-6-5-7-12-23-13-11-14-24(22-23)28(39-25-17-20-37(4)21-18-25)29-35-26-15-8-9-16-27(26)41-29;1-32-17-14-22(15-18-32)33-25(26-31-23-12-5-6-13-24(23)34-26)21-11-8-10-20(19-21)9-4-2-3-7-16-30-27(28)29/h8-9,11,13-16,22,25,28H,5-6,10,17-21H2,1-4H3,(H3,33,34,36,38);5-6,8,10-13,19,22,25H,2-3,7,14-18H2,1H3,(H4,28,29,30). The van der Waals surface area contributed by atoms with Crippen molar-refractivity contribution in [2.45, 2.75) is 115 Å². The van der Waals surface area contributed by atoms with Crippen LogP contribution in [0.3, 0.4) is 0 Å². The number of nitrogens with one attached hydrogen (secondary N) is 1. The Morgan fingerprint density at radius 1 is 0.667 bits per heavy atom.